The standard InChI is InChI=1S/C13H11ClN3O9PS.Na.H/c14-12-6-5-11(7-13(12)17(20)21)28(24,25)15-8-27(22,23)26-10-3-1-9(2-4-10)16(18)19;;/h1-7,15H,8H2,(H,22,23);;. The van der Waals surface area contributed by atoms with E-state index in [4.69, 9.17) is 16.1 Å². The van der Waals surface area contributed by atoms with Gasteiger partial charge in [-0.1, -0.05) is 11.6 Å². The molecule has 12 nitrogen and oxygen atoms in total. The van der Waals surface area contributed by atoms with Crippen molar-refractivity contribution < 1.29 is 32.2 Å². The van der Waals surface area contributed by atoms with Gasteiger partial charge in [0.1, 0.15) is 17.1 Å². The Morgan fingerprint density at radius 3 is 2.21 bits per heavy atom. The predicted octanol–water partition coefficient (Wildman–Crippen LogP) is 2.01. The van der Waals surface area contributed by atoms with Crippen molar-refractivity contribution in [2.45, 2.75) is 4.90 Å². The molecule has 1 unspecified atom stereocenters. The van der Waals surface area contributed by atoms with Gasteiger partial charge in [-0.2, -0.15) is 4.72 Å². The second kappa shape index (κ2) is 9.96. The fourth-order valence-electron chi connectivity index (χ4n) is 1.88. The third-order valence-corrected chi connectivity index (χ3v) is 6.16. The quantitative estimate of drug-likeness (QED) is 0.250. The fraction of sp³-hybridized carbons (Fsp3) is 0.0769. The van der Waals surface area contributed by atoms with E-state index >= 15 is 0 Å². The number of nitrogens with zero attached hydrogens (tertiary/aromatic N) is 2. The van der Waals surface area contributed by atoms with Crippen LogP contribution in [0.2, 0.25) is 5.02 Å². The number of nitro benzene ring substituents is 2. The summed E-state index contributed by atoms with van der Waals surface area (Å²) in [5.41, 5.74) is -0.927. The number of sulfonamides is 1. The van der Waals surface area contributed by atoms with Crippen LogP contribution in [-0.2, 0) is 14.6 Å². The molecule has 0 spiro atoms. The Bertz CT molecular complexity index is 1080. The molecule has 0 aliphatic carbocycles. The summed E-state index contributed by atoms with van der Waals surface area (Å²) in [6.07, 6.45) is -1.05. The number of halogens is 1. The second-order valence-corrected chi connectivity index (χ2v) is 9.10. The topological polar surface area (TPSA) is 179 Å². The number of hydrogen-bond acceptors (Lipinski definition) is 8. The molecule has 2 rings (SSSR count). The average Bonchev–Trinajstić information content (AvgIpc) is 2.60. The van der Waals surface area contributed by atoms with E-state index in [0.29, 0.717) is 6.07 Å². The van der Waals surface area contributed by atoms with Crippen LogP contribution in [0.3, 0.4) is 0 Å². The fourth-order valence-corrected chi connectivity index (χ4v) is 4.59. The molecule has 2 N–H and O–H groups in total. The van der Waals surface area contributed by atoms with Crippen LogP contribution in [-0.4, -0.2) is 59.0 Å². The second-order valence-electron chi connectivity index (χ2n) is 5.16. The van der Waals surface area contributed by atoms with Crippen LogP contribution in [0.1, 0.15) is 0 Å². The molecule has 152 valence electrons. The van der Waals surface area contributed by atoms with E-state index in [-0.39, 0.29) is 46.0 Å². The first-order valence-electron chi connectivity index (χ1n) is 7.11. The summed E-state index contributed by atoms with van der Waals surface area (Å²) < 4.78 is 43.0. The van der Waals surface area contributed by atoms with Crippen molar-refractivity contribution in [3.05, 3.63) is 67.7 Å². The summed E-state index contributed by atoms with van der Waals surface area (Å²) in [6.45, 7) is 0. The Morgan fingerprint density at radius 1 is 1.10 bits per heavy atom. The van der Waals surface area contributed by atoms with Crippen molar-refractivity contribution in [2.75, 3.05) is 6.29 Å². The van der Waals surface area contributed by atoms with E-state index in [9.17, 15) is 38.1 Å². The van der Waals surface area contributed by atoms with Crippen LogP contribution >= 0.6 is 19.2 Å². The van der Waals surface area contributed by atoms with Gasteiger partial charge >= 0.3 is 37.2 Å². The third-order valence-electron chi connectivity index (χ3n) is 3.17. The predicted molar refractivity (Wildman–Crippen MR) is 104 cm³/mol. The summed E-state index contributed by atoms with van der Waals surface area (Å²) in [5.74, 6) is -0.197. The molecule has 0 saturated carbocycles. The minimum atomic E-state index is -4.53. The van der Waals surface area contributed by atoms with Crippen molar-refractivity contribution in [1.82, 2.24) is 4.72 Å². The van der Waals surface area contributed by atoms with Gasteiger partial charge in [0, 0.05) is 18.2 Å². The number of rotatable bonds is 8. The van der Waals surface area contributed by atoms with E-state index in [0.717, 1.165) is 36.4 Å². The number of hydrogen-bond donors (Lipinski definition) is 2. The Hall–Kier alpha value is -1.57. The van der Waals surface area contributed by atoms with E-state index in [1.807, 2.05) is 4.72 Å². The molecule has 0 bridgehead atoms. The molecular weight excluding hydrogens is 464 g/mol. The summed E-state index contributed by atoms with van der Waals surface area (Å²) in [5, 5.41) is 21.1. The molecule has 29 heavy (non-hydrogen) atoms. The van der Waals surface area contributed by atoms with Crippen molar-refractivity contribution in [3.8, 4) is 5.75 Å². The zero-order valence-corrected chi connectivity index (χ0v) is 16.1. The normalized spacial score (nSPS) is 13.0. The zero-order valence-electron chi connectivity index (χ0n) is 13.6. The summed E-state index contributed by atoms with van der Waals surface area (Å²) >= 11 is 5.61. The molecule has 16 heteroatoms. The summed E-state index contributed by atoms with van der Waals surface area (Å²) in [6, 6.07) is 6.89. The van der Waals surface area contributed by atoms with Crippen LogP contribution < -0.4 is 9.25 Å². The van der Waals surface area contributed by atoms with Gasteiger partial charge in [0.05, 0.1) is 14.7 Å². The molecular formula is C13H12ClN3NaO9PS. The molecule has 0 heterocycles. The van der Waals surface area contributed by atoms with Crippen LogP contribution in [0.15, 0.2) is 47.4 Å². The summed E-state index contributed by atoms with van der Waals surface area (Å²) in [4.78, 5) is 29.1. The molecule has 0 fully saturated rings. The Balaban J connectivity index is 0.00000420. The van der Waals surface area contributed by atoms with Gasteiger partial charge < -0.3 is 9.42 Å². The molecule has 2 aromatic carbocycles. The van der Waals surface area contributed by atoms with Gasteiger partial charge in [0.2, 0.25) is 10.0 Å². The van der Waals surface area contributed by atoms with Gasteiger partial charge in [-0.15, -0.1) is 0 Å². The number of benzene rings is 2. The van der Waals surface area contributed by atoms with Gasteiger partial charge in [-0.05, 0) is 24.3 Å². The maximum absolute atomic E-state index is 12.2. The molecule has 0 aliphatic heterocycles. The van der Waals surface area contributed by atoms with Crippen LogP contribution in [0.25, 0.3) is 0 Å². The first-order valence-corrected chi connectivity index (χ1v) is 10.7. The van der Waals surface area contributed by atoms with Crippen molar-refractivity contribution >= 4 is 70.2 Å². The third kappa shape index (κ3) is 7.01. The van der Waals surface area contributed by atoms with Gasteiger partial charge in [-0.3, -0.25) is 20.2 Å². The molecule has 2 aromatic rings. The van der Waals surface area contributed by atoms with Crippen LogP contribution in [0, 0.1) is 20.2 Å². The first-order chi connectivity index (χ1) is 12.9. The summed E-state index contributed by atoms with van der Waals surface area (Å²) in [7, 11) is -8.92. The van der Waals surface area contributed by atoms with Crippen LogP contribution in [0.4, 0.5) is 11.4 Å². The first kappa shape index (κ1) is 25.5. The van der Waals surface area contributed by atoms with Crippen molar-refractivity contribution in [3.63, 3.8) is 0 Å². The van der Waals surface area contributed by atoms with E-state index in [2.05, 4.69) is 0 Å². The Labute approximate surface area is 191 Å². The molecule has 0 aromatic heterocycles. The molecule has 1 atom stereocenters. The Morgan fingerprint density at radius 2 is 1.69 bits per heavy atom. The minimum absolute atomic E-state index is 0. The maximum atomic E-state index is 12.2. The van der Waals surface area contributed by atoms with Gasteiger partial charge in [0.25, 0.3) is 11.4 Å². The molecule has 0 radical (unpaired) electrons. The Kier molecular flexibility index (Phi) is 8.74. The molecule has 0 saturated heterocycles. The van der Waals surface area contributed by atoms with Gasteiger partial charge in [-0.25, -0.2) is 13.0 Å². The van der Waals surface area contributed by atoms with E-state index in [1.165, 1.54) is 0 Å². The zero-order chi connectivity index (χ0) is 21.1. The van der Waals surface area contributed by atoms with Crippen molar-refractivity contribution in [1.29, 1.82) is 0 Å². The van der Waals surface area contributed by atoms with Crippen molar-refractivity contribution in [2.24, 2.45) is 0 Å². The number of nitro groups is 2. The molecule has 0 amide bonds. The number of non-ortho nitro benzene ring substituents is 1. The van der Waals surface area contributed by atoms with E-state index in [1.54, 1.807) is 0 Å². The number of nitrogens with one attached hydrogen (secondary N) is 1. The SMILES string of the molecule is O=[N+]([O-])c1ccc(OP(=O)(O)CNS(=O)(=O)c2ccc(Cl)c([N+](=O)[O-])c2)cc1.[NaH]. The molecule has 0 aliphatic rings. The van der Waals surface area contributed by atoms with E-state index < -0.39 is 44.3 Å². The monoisotopic (exact) mass is 475 g/mol. The van der Waals surface area contributed by atoms with Gasteiger partial charge in [0.15, 0.2) is 0 Å². The van der Waals surface area contributed by atoms with Crippen LogP contribution in [0.5, 0.6) is 5.75 Å². The average molecular weight is 476 g/mol.